The maximum absolute atomic E-state index is 12.8. The van der Waals surface area contributed by atoms with Crippen molar-refractivity contribution in [1.29, 1.82) is 0 Å². The minimum Gasteiger partial charge on any atom is -0.394 e. The van der Waals surface area contributed by atoms with E-state index in [1.807, 2.05) is 12.1 Å². The van der Waals surface area contributed by atoms with Crippen LogP contribution in [0.15, 0.2) is 35.3 Å². The average molecular weight is 598 g/mol. The summed E-state index contributed by atoms with van der Waals surface area (Å²) in [4.78, 5) is 47.3. The number of hydrogen-bond donors (Lipinski definition) is 4. The van der Waals surface area contributed by atoms with Gasteiger partial charge in [0.05, 0.1) is 12.3 Å². The van der Waals surface area contributed by atoms with Gasteiger partial charge in [-0.3, -0.25) is 19.6 Å². The highest BCUT2D eigenvalue weighted by molar-refractivity contribution is 6.31. The maximum Gasteiger partial charge on any atom is 0.354 e. The number of piperazine rings is 1. The van der Waals surface area contributed by atoms with Crippen molar-refractivity contribution in [2.45, 2.75) is 44.3 Å². The third-order valence-corrected chi connectivity index (χ3v) is 7.77. The number of urea groups is 1. The molecule has 3 heterocycles. The van der Waals surface area contributed by atoms with Crippen molar-refractivity contribution in [1.82, 2.24) is 24.3 Å². The molecule has 0 bridgehead atoms. The molecule has 12 nitrogen and oxygen atoms in total. The lowest BCUT2D eigenvalue weighted by molar-refractivity contribution is -0.139. The second-order valence-electron chi connectivity index (χ2n) is 11.0. The number of amides is 3. The van der Waals surface area contributed by atoms with Gasteiger partial charge >= 0.3 is 11.7 Å². The molecule has 220 valence electrons. The minimum atomic E-state index is -1.36. The number of halogens is 2. The number of piperidine rings is 1. The average Bonchev–Trinajstić information content (AvgIpc) is 2.90. The molecule has 0 radical (unpaired) electrons. The number of nitrogens with one attached hydrogen (secondary N) is 1. The zero-order valence-electron chi connectivity index (χ0n) is 22.8. The number of anilines is 1. The van der Waals surface area contributed by atoms with Gasteiger partial charge in [-0.25, -0.2) is 9.59 Å². The summed E-state index contributed by atoms with van der Waals surface area (Å²) in [5.74, 6) is -0.247. The van der Waals surface area contributed by atoms with Crippen LogP contribution in [0, 0.1) is 0 Å². The number of hydrogen-bond acceptors (Lipinski definition) is 8. The van der Waals surface area contributed by atoms with Gasteiger partial charge in [-0.2, -0.15) is 4.98 Å². The Hall–Kier alpha value is -2.74. The standard InChI is InChI=1S/C26H37ClN8O4.ClH/c1-25(28)6-9-32(10-7-25)16-18-3-4-19(15-20(18)27)35-8-5-21(31-24(35)39)30-23(38)34-13-11-33(12-14-34)22(37)26(2,29)17-36;/h3-5,8,15,36H,6-7,9-14,16-17,28-29H2,1-2H3,(H,30,31,38,39);1H. The van der Waals surface area contributed by atoms with Crippen LogP contribution in [0.3, 0.4) is 0 Å². The van der Waals surface area contributed by atoms with Crippen molar-refractivity contribution in [2.75, 3.05) is 51.2 Å². The van der Waals surface area contributed by atoms with E-state index >= 15 is 0 Å². The van der Waals surface area contributed by atoms with Crippen LogP contribution in [0.1, 0.15) is 32.3 Å². The molecule has 2 aromatic rings. The summed E-state index contributed by atoms with van der Waals surface area (Å²) in [6.45, 7) is 6.75. The number of aromatic nitrogens is 2. The molecule has 1 unspecified atom stereocenters. The highest BCUT2D eigenvalue weighted by atomic mass is 35.5. The van der Waals surface area contributed by atoms with Gasteiger partial charge in [-0.05, 0) is 50.5 Å². The molecule has 1 atom stereocenters. The molecule has 2 saturated heterocycles. The Kier molecular flexibility index (Phi) is 10.2. The van der Waals surface area contributed by atoms with Crippen LogP contribution in [0.5, 0.6) is 0 Å². The minimum absolute atomic E-state index is 0. The summed E-state index contributed by atoms with van der Waals surface area (Å²) in [6.07, 6.45) is 3.40. The Balaban J connectivity index is 0.00000441. The molecule has 40 heavy (non-hydrogen) atoms. The quantitative estimate of drug-likeness (QED) is 0.384. The van der Waals surface area contributed by atoms with E-state index in [1.165, 1.54) is 27.5 Å². The Morgan fingerprint density at radius 3 is 2.33 bits per heavy atom. The lowest BCUT2D eigenvalue weighted by Gasteiger charge is -2.37. The lowest BCUT2D eigenvalue weighted by Crippen LogP contribution is -2.60. The second-order valence-corrected chi connectivity index (χ2v) is 11.4. The van der Waals surface area contributed by atoms with E-state index in [4.69, 9.17) is 23.1 Å². The van der Waals surface area contributed by atoms with E-state index in [1.54, 1.807) is 12.1 Å². The van der Waals surface area contributed by atoms with Gasteiger partial charge in [0.1, 0.15) is 11.4 Å². The Morgan fingerprint density at radius 1 is 1.12 bits per heavy atom. The van der Waals surface area contributed by atoms with Crippen LogP contribution in [-0.2, 0) is 11.3 Å². The van der Waals surface area contributed by atoms with Crippen LogP contribution < -0.4 is 22.5 Å². The van der Waals surface area contributed by atoms with Gasteiger partial charge in [0.25, 0.3) is 0 Å². The van der Waals surface area contributed by atoms with Gasteiger partial charge < -0.3 is 26.4 Å². The first-order chi connectivity index (χ1) is 18.4. The van der Waals surface area contributed by atoms with Crippen molar-refractivity contribution in [2.24, 2.45) is 11.5 Å². The third-order valence-electron chi connectivity index (χ3n) is 7.42. The first-order valence-electron chi connectivity index (χ1n) is 13.0. The van der Waals surface area contributed by atoms with Gasteiger partial charge in [-0.1, -0.05) is 17.7 Å². The number of carbonyl (C=O) groups is 2. The molecule has 14 heteroatoms. The van der Waals surface area contributed by atoms with Crippen molar-refractivity contribution < 1.29 is 14.7 Å². The van der Waals surface area contributed by atoms with E-state index in [9.17, 15) is 19.5 Å². The van der Waals surface area contributed by atoms with Crippen LogP contribution in [0.2, 0.25) is 5.02 Å². The Morgan fingerprint density at radius 2 is 1.75 bits per heavy atom. The van der Waals surface area contributed by atoms with E-state index in [0.29, 0.717) is 17.3 Å². The van der Waals surface area contributed by atoms with Crippen LogP contribution in [0.25, 0.3) is 5.69 Å². The number of aliphatic hydroxyl groups is 1. The van der Waals surface area contributed by atoms with E-state index in [-0.39, 0.29) is 55.9 Å². The van der Waals surface area contributed by atoms with Crippen molar-refractivity contribution in [3.63, 3.8) is 0 Å². The summed E-state index contributed by atoms with van der Waals surface area (Å²) in [5.41, 5.74) is 11.6. The summed E-state index contributed by atoms with van der Waals surface area (Å²) in [5, 5.41) is 12.5. The first-order valence-corrected chi connectivity index (χ1v) is 13.4. The predicted molar refractivity (Wildman–Crippen MR) is 156 cm³/mol. The molecule has 1 aromatic heterocycles. The highest BCUT2D eigenvalue weighted by Crippen LogP contribution is 2.25. The monoisotopic (exact) mass is 596 g/mol. The van der Waals surface area contributed by atoms with E-state index in [0.717, 1.165) is 31.5 Å². The SMILES string of the molecule is CC1(N)CCN(Cc2ccc(-n3ccc(NC(=O)N4CCN(C(=O)C(C)(N)CO)CC4)nc3=O)cc2Cl)CC1.Cl. The normalized spacial score (nSPS) is 18.9. The summed E-state index contributed by atoms with van der Waals surface area (Å²) in [6, 6.07) is 6.58. The van der Waals surface area contributed by atoms with Crippen molar-refractivity contribution in [3.8, 4) is 5.69 Å². The molecule has 2 aliphatic rings. The second kappa shape index (κ2) is 12.8. The Labute approximate surface area is 244 Å². The summed E-state index contributed by atoms with van der Waals surface area (Å²) < 4.78 is 1.36. The van der Waals surface area contributed by atoms with Crippen LogP contribution >= 0.6 is 24.0 Å². The van der Waals surface area contributed by atoms with Gasteiger partial charge in [0, 0.05) is 62.6 Å². The fourth-order valence-electron chi connectivity index (χ4n) is 4.68. The lowest BCUT2D eigenvalue weighted by atomic mass is 9.91. The topological polar surface area (TPSA) is 163 Å². The largest absolute Gasteiger partial charge is 0.394 e. The zero-order chi connectivity index (χ0) is 28.4. The van der Waals surface area contributed by atoms with Crippen molar-refractivity contribution >= 4 is 41.8 Å². The number of carbonyl (C=O) groups excluding carboxylic acids is 2. The molecule has 1 aromatic carbocycles. The molecular formula is C26H38Cl2N8O4. The molecule has 0 saturated carbocycles. The number of nitrogens with two attached hydrogens (primary N) is 2. The van der Waals surface area contributed by atoms with E-state index in [2.05, 4.69) is 22.1 Å². The Bertz CT molecular complexity index is 1270. The molecule has 4 rings (SSSR count). The fraction of sp³-hybridized carbons (Fsp3) is 0.538. The summed E-state index contributed by atoms with van der Waals surface area (Å²) in [7, 11) is 0. The number of aliphatic hydroxyl groups excluding tert-OH is 1. The number of rotatable bonds is 6. The third kappa shape index (κ3) is 7.50. The highest BCUT2D eigenvalue weighted by Gasteiger charge is 2.34. The fourth-order valence-corrected chi connectivity index (χ4v) is 4.91. The van der Waals surface area contributed by atoms with Crippen LogP contribution in [-0.4, -0.2) is 98.2 Å². The molecule has 6 N–H and O–H groups in total. The first kappa shape index (κ1) is 31.8. The number of nitrogens with zero attached hydrogens (tertiary/aromatic N) is 5. The van der Waals surface area contributed by atoms with Gasteiger partial charge in [0.15, 0.2) is 0 Å². The molecule has 0 spiro atoms. The van der Waals surface area contributed by atoms with Crippen LogP contribution in [0.4, 0.5) is 10.6 Å². The van der Waals surface area contributed by atoms with Crippen molar-refractivity contribution in [3.05, 3.63) is 51.5 Å². The number of benzene rings is 1. The maximum atomic E-state index is 12.8. The number of likely N-dealkylation sites (tertiary alicyclic amines) is 1. The smallest absolute Gasteiger partial charge is 0.354 e. The zero-order valence-corrected chi connectivity index (χ0v) is 24.4. The molecule has 2 aliphatic heterocycles. The van der Waals surface area contributed by atoms with Gasteiger partial charge in [-0.15, -0.1) is 12.4 Å². The van der Waals surface area contributed by atoms with E-state index < -0.39 is 23.9 Å². The predicted octanol–water partition coefficient (Wildman–Crippen LogP) is 1.01. The molecule has 3 amide bonds. The molecule has 2 fully saturated rings. The molecule has 0 aliphatic carbocycles. The van der Waals surface area contributed by atoms with Gasteiger partial charge in [0.2, 0.25) is 5.91 Å². The molecular weight excluding hydrogens is 559 g/mol. The summed E-state index contributed by atoms with van der Waals surface area (Å²) >= 11 is 6.56.